The normalized spacial score (nSPS) is 13.2. The molecule has 0 fully saturated rings. The van der Waals surface area contributed by atoms with Gasteiger partial charge in [-0.1, -0.05) is 13.0 Å². The van der Waals surface area contributed by atoms with Crippen molar-refractivity contribution >= 4 is 0 Å². The lowest BCUT2D eigenvalue weighted by Gasteiger charge is -2.02. The molecule has 0 bridgehead atoms. The molecule has 0 radical (unpaired) electrons. The monoisotopic (exact) mass is 114 g/mol. The van der Waals surface area contributed by atoms with Gasteiger partial charge in [0.15, 0.2) is 0 Å². The first kappa shape index (κ1) is 7.70. The fourth-order valence-electron chi connectivity index (χ4n) is 0.514. The Morgan fingerprint density at radius 1 is 1.75 bits per heavy atom. The predicted molar refractivity (Wildman–Crippen MR) is 35.7 cm³/mol. The summed E-state index contributed by atoms with van der Waals surface area (Å²) in [5.41, 5.74) is 0. The topological polar surface area (TPSA) is 20.2 Å². The van der Waals surface area contributed by atoms with Crippen LogP contribution in [0.2, 0.25) is 0 Å². The van der Waals surface area contributed by atoms with Gasteiger partial charge in [-0.05, 0) is 19.3 Å². The quantitative estimate of drug-likeness (QED) is 0.552. The second kappa shape index (κ2) is 4.85. The highest BCUT2D eigenvalue weighted by Gasteiger charge is 1.95. The molecule has 0 saturated carbocycles. The van der Waals surface area contributed by atoms with E-state index >= 15 is 0 Å². The van der Waals surface area contributed by atoms with E-state index in [2.05, 4.69) is 6.58 Å². The fourth-order valence-corrected chi connectivity index (χ4v) is 0.514. The van der Waals surface area contributed by atoms with E-state index in [4.69, 9.17) is 5.11 Å². The van der Waals surface area contributed by atoms with Gasteiger partial charge < -0.3 is 5.11 Å². The molecule has 0 heterocycles. The van der Waals surface area contributed by atoms with Gasteiger partial charge in [0.2, 0.25) is 0 Å². The van der Waals surface area contributed by atoms with Crippen molar-refractivity contribution < 1.29 is 5.11 Å². The lowest BCUT2D eigenvalue weighted by molar-refractivity contribution is 0.161. The summed E-state index contributed by atoms with van der Waals surface area (Å²) in [7, 11) is 0. The molecule has 0 aromatic carbocycles. The zero-order valence-electron chi connectivity index (χ0n) is 5.43. The van der Waals surface area contributed by atoms with Crippen molar-refractivity contribution in [1.29, 1.82) is 0 Å². The van der Waals surface area contributed by atoms with E-state index in [0.717, 1.165) is 19.3 Å². The van der Waals surface area contributed by atoms with Crippen LogP contribution in [0, 0.1) is 0 Å². The van der Waals surface area contributed by atoms with E-state index in [1.807, 2.05) is 13.0 Å². The molecule has 48 valence electrons. The first-order valence-corrected chi connectivity index (χ1v) is 3.10. The minimum Gasteiger partial charge on any atom is -0.393 e. The van der Waals surface area contributed by atoms with Crippen molar-refractivity contribution in [3.63, 3.8) is 0 Å². The Morgan fingerprint density at radius 3 is 2.75 bits per heavy atom. The summed E-state index contributed by atoms with van der Waals surface area (Å²) in [6.45, 7) is 5.54. The van der Waals surface area contributed by atoms with Gasteiger partial charge in [0.05, 0.1) is 6.10 Å². The molecular formula is C7H14O. The molecule has 1 N–H and O–H groups in total. The van der Waals surface area contributed by atoms with Crippen LogP contribution in [0.25, 0.3) is 0 Å². The zero-order chi connectivity index (χ0) is 6.41. The first-order chi connectivity index (χ1) is 3.81. The number of aliphatic hydroxyl groups excluding tert-OH is 1. The van der Waals surface area contributed by atoms with Crippen LogP contribution >= 0.6 is 0 Å². The summed E-state index contributed by atoms with van der Waals surface area (Å²) in [6.07, 6.45) is 4.36. The van der Waals surface area contributed by atoms with Crippen molar-refractivity contribution in [2.45, 2.75) is 32.3 Å². The lowest BCUT2D eigenvalue weighted by Crippen LogP contribution is -2.02. The Kier molecular flexibility index (Phi) is 4.67. The molecule has 0 saturated heterocycles. The van der Waals surface area contributed by atoms with Crippen molar-refractivity contribution in [2.24, 2.45) is 0 Å². The van der Waals surface area contributed by atoms with Crippen LogP contribution in [0.1, 0.15) is 26.2 Å². The van der Waals surface area contributed by atoms with Crippen molar-refractivity contribution in [1.82, 2.24) is 0 Å². The van der Waals surface area contributed by atoms with Gasteiger partial charge in [-0.2, -0.15) is 0 Å². The number of hydrogen-bond donors (Lipinski definition) is 1. The maximum Gasteiger partial charge on any atom is 0.0540 e. The molecule has 1 heteroatoms. The van der Waals surface area contributed by atoms with Crippen LogP contribution in [0.3, 0.4) is 0 Å². The Hall–Kier alpha value is -0.300. The van der Waals surface area contributed by atoms with E-state index in [9.17, 15) is 0 Å². The molecule has 0 rings (SSSR count). The molecule has 8 heavy (non-hydrogen) atoms. The maximum atomic E-state index is 8.94. The van der Waals surface area contributed by atoms with Crippen LogP contribution in [0.5, 0.6) is 0 Å². The Balaban J connectivity index is 2.97. The van der Waals surface area contributed by atoms with Gasteiger partial charge in [0.1, 0.15) is 0 Å². The van der Waals surface area contributed by atoms with Gasteiger partial charge in [-0.3, -0.25) is 0 Å². The predicted octanol–water partition coefficient (Wildman–Crippen LogP) is 1.72. The summed E-state index contributed by atoms with van der Waals surface area (Å²) in [5, 5.41) is 8.94. The third kappa shape index (κ3) is 3.88. The molecule has 0 aromatic rings. The Labute approximate surface area is 51.0 Å². The summed E-state index contributed by atoms with van der Waals surface area (Å²) in [6, 6.07) is 0. The van der Waals surface area contributed by atoms with Gasteiger partial charge in [-0.25, -0.2) is 0 Å². The largest absolute Gasteiger partial charge is 0.393 e. The molecule has 0 aliphatic rings. The molecule has 0 spiro atoms. The molecule has 0 aliphatic carbocycles. The maximum absolute atomic E-state index is 8.94. The van der Waals surface area contributed by atoms with E-state index in [0.29, 0.717) is 0 Å². The number of allylic oxidation sites excluding steroid dienone is 1. The summed E-state index contributed by atoms with van der Waals surface area (Å²) in [4.78, 5) is 0. The number of hydrogen-bond acceptors (Lipinski definition) is 1. The first-order valence-electron chi connectivity index (χ1n) is 3.10. The highest BCUT2D eigenvalue weighted by molar-refractivity contribution is 4.68. The highest BCUT2D eigenvalue weighted by atomic mass is 16.3. The average Bonchev–Trinajstić information content (AvgIpc) is 1.83. The highest BCUT2D eigenvalue weighted by Crippen LogP contribution is 1.99. The lowest BCUT2D eigenvalue weighted by atomic mass is 10.1. The van der Waals surface area contributed by atoms with Crippen LogP contribution in [-0.4, -0.2) is 11.2 Å². The van der Waals surface area contributed by atoms with E-state index in [-0.39, 0.29) is 6.10 Å². The Bertz CT molecular complexity index is 59.4. The van der Waals surface area contributed by atoms with Crippen LogP contribution in [0.4, 0.5) is 0 Å². The van der Waals surface area contributed by atoms with Crippen LogP contribution in [-0.2, 0) is 0 Å². The molecule has 1 unspecified atom stereocenters. The van der Waals surface area contributed by atoms with Crippen LogP contribution in [0.15, 0.2) is 12.7 Å². The SMILES string of the molecule is C=CCCC(O)CC. The molecule has 1 atom stereocenters. The average molecular weight is 114 g/mol. The second-order valence-corrected chi connectivity index (χ2v) is 1.93. The van der Waals surface area contributed by atoms with Gasteiger partial charge in [0.25, 0.3) is 0 Å². The molecule has 0 aliphatic heterocycles. The summed E-state index contributed by atoms with van der Waals surface area (Å²) >= 11 is 0. The minimum atomic E-state index is -0.118. The molecule has 0 aromatic heterocycles. The zero-order valence-corrected chi connectivity index (χ0v) is 5.43. The molecular weight excluding hydrogens is 100 g/mol. The summed E-state index contributed by atoms with van der Waals surface area (Å²) < 4.78 is 0. The van der Waals surface area contributed by atoms with Crippen molar-refractivity contribution in [3.8, 4) is 0 Å². The number of rotatable bonds is 4. The third-order valence-corrected chi connectivity index (χ3v) is 1.18. The Morgan fingerprint density at radius 2 is 2.38 bits per heavy atom. The second-order valence-electron chi connectivity index (χ2n) is 1.93. The van der Waals surface area contributed by atoms with E-state index in [1.165, 1.54) is 0 Å². The van der Waals surface area contributed by atoms with Gasteiger partial charge in [-0.15, -0.1) is 6.58 Å². The summed E-state index contributed by atoms with van der Waals surface area (Å²) in [5.74, 6) is 0. The minimum absolute atomic E-state index is 0.118. The fraction of sp³-hybridized carbons (Fsp3) is 0.714. The van der Waals surface area contributed by atoms with Crippen molar-refractivity contribution in [2.75, 3.05) is 0 Å². The molecule has 0 amide bonds. The third-order valence-electron chi connectivity index (χ3n) is 1.18. The van der Waals surface area contributed by atoms with Gasteiger partial charge in [0, 0.05) is 0 Å². The van der Waals surface area contributed by atoms with Gasteiger partial charge >= 0.3 is 0 Å². The number of aliphatic hydroxyl groups is 1. The van der Waals surface area contributed by atoms with E-state index in [1.54, 1.807) is 0 Å². The van der Waals surface area contributed by atoms with Crippen LogP contribution < -0.4 is 0 Å². The smallest absolute Gasteiger partial charge is 0.0540 e. The standard InChI is InChI=1S/C7H14O/c1-3-5-6-7(8)4-2/h3,7-8H,1,4-6H2,2H3. The van der Waals surface area contributed by atoms with Crippen molar-refractivity contribution in [3.05, 3.63) is 12.7 Å². The molecule has 1 nitrogen and oxygen atoms in total. The van der Waals surface area contributed by atoms with E-state index < -0.39 is 0 Å².